The Hall–Kier alpha value is -1.26. The first kappa shape index (κ1) is 15.8. The van der Waals surface area contributed by atoms with E-state index in [2.05, 4.69) is 42.0 Å². The molecule has 0 aliphatic rings. The molecule has 0 radical (unpaired) electrons. The van der Waals surface area contributed by atoms with Gasteiger partial charge in [0.05, 0.1) is 18.0 Å². The Balaban J connectivity index is 0.00000180. The fraction of sp³-hybridized carbons (Fsp3) is 0.500. The molecule has 0 aliphatic heterocycles. The van der Waals surface area contributed by atoms with Crippen molar-refractivity contribution >= 4 is 23.3 Å². The summed E-state index contributed by atoms with van der Waals surface area (Å²) in [5.41, 5.74) is 2.35. The number of likely N-dealkylation sites (N-methyl/N-ethyl adjacent to an activating group) is 1. The maximum Gasteiger partial charge on any atom is 0.222 e. The number of fused-ring (bicyclic) bond motifs is 1. The van der Waals surface area contributed by atoms with E-state index in [1.54, 1.807) is 13.3 Å². The largest absolute Gasteiger partial charge is 0.480 e. The Bertz CT molecular complexity index is 524. The van der Waals surface area contributed by atoms with Crippen molar-refractivity contribution in [1.82, 2.24) is 14.9 Å². The van der Waals surface area contributed by atoms with Crippen LogP contribution in [0.1, 0.15) is 19.4 Å². The van der Waals surface area contributed by atoms with E-state index in [9.17, 15) is 0 Å². The molecule has 0 aromatic carbocycles. The summed E-state index contributed by atoms with van der Waals surface area (Å²) in [6.07, 6.45) is 4.82. The standard InChI is InChI=1S/C14H21N3O.ClH/c1-10(2)17(3)8-6-11-9-16-12-5-7-15-14(18-4)13(11)12;/h5,7,9-10,16H,6,8H2,1-4H3;1H. The Kier molecular flexibility index (Phi) is 5.63. The zero-order valence-corrected chi connectivity index (χ0v) is 12.8. The number of hydrogen-bond donors (Lipinski definition) is 1. The van der Waals surface area contributed by atoms with Crippen molar-refractivity contribution in [3.05, 3.63) is 24.0 Å². The highest BCUT2D eigenvalue weighted by Crippen LogP contribution is 2.26. The number of pyridine rings is 1. The minimum atomic E-state index is 0. The lowest BCUT2D eigenvalue weighted by Crippen LogP contribution is -2.28. The second-order valence-corrected chi connectivity index (χ2v) is 4.88. The molecule has 2 aromatic rings. The smallest absolute Gasteiger partial charge is 0.222 e. The normalized spacial score (nSPS) is 11.1. The van der Waals surface area contributed by atoms with Crippen LogP contribution in [-0.2, 0) is 6.42 Å². The van der Waals surface area contributed by atoms with Crippen LogP contribution in [0.25, 0.3) is 10.9 Å². The van der Waals surface area contributed by atoms with Crippen LogP contribution in [-0.4, -0.2) is 41.6 Å². The van der Waals surface area contributed by atoms with Gasteiger partial charge in [0, 0.05) is 25.0 Å². The third kappa shape index (κ3) is 3.39. The van der Waals surface area contributed by atoms with Gasteiger partial charge in [-0.25, -0.2) is 4.98 Å². The number of hydrogen-bond acceptors (Lipinski definition) is 3. The molecular weight excluding hydrogens is 262 g/mol. The van der Waals surface area contributed by atoms with Crippen molar-refractivity contribution in [2.45, 2.75) is 26.3 Å². The molecule has 4 nitrogen and oxygen atoms in total. The molecule has 0 saturated heterocycles. The van der Waals surface area contributed by atoms with E-state index in [-0.39, 0.29) is 12.4 Å². The zero-order chi connectivity index (χ0) is 13.1. The molecule has 19 heavy (non-hydrogen) atoms. The van der Waals surface area contributed by atoms with Gasteiger partial charge in [-0.3, -0.25) is 0 Å². The van der Waals surface area contributed by atoms with Crippen LogP contribution in [0.2, 0.25) is 0 Å². The van der Waals surface area contributed by atoms with E-state index >= 15 is 0 Å². The van der Waals surface area contributed by atoms with Gasteiger partial charge in [-0.15, -0.1) is 12.4 Å². The van der Waals surface area contributed by atoms with Gasteiger partial charge in [-0.2, -0.15) is 0 Å². The summed E-state index contributed by atoms with van der Waals surface area (Å²) in [7, 11) is 3.81. The molecule has 106 valence electrons. The van der Waals surface area contributed by atoms with Gasteiger partial charge < -0.3 is 14.6 Å². The van der Waals surface area contributed by atoms with Gasteiger partial charge in [-0.1, -0.05) is 0 Å². The van der Waals surface area contributed by atoms with Crippen molar-refractivity contribution in [3.63, 3.8) is 0 Å². The summed E-state index contributed by atoms with van der Waals surface area (Å²) < 4.78 is 5.34. The molecule has 0 aliphatic carbocycles. The number of rotatable bonds is 5. The maximum atomic E-state index is 5.34. The summed E-state index contributed by atoms with van der Waals surface area (Å²) in [4.78, 5) is 9.88. The minimum absolute atomic E-state index is 0. The topological polar surface area (TPSA) is 41.1 Å². The molecule has 0 bridgehead atoms. The molecule has 0 amide bonds. The monoisotopic (exact) mass is 283 g/mol. The van der Waals surface area contributed by atoms with E-state index in [0.29, 0.717) is 11.9 Å². The van der Waals surface area contributed by atoms with Crippen LogP contribution in [0.3, 0.4) is 0 Å². The fourth-order valence-corrected chi connectivity index (χ4v) is 2.02. The third-order valence-electron chi connectivity index (χ3n) is 3.45. The number of halogens is 1. The predicted molar refractivity (Wildman–Crippen MR) is 81.4 cm³/mol. The van der Waals surface area contributed by atoms with Gasteiger partial charge in [0.1, 0.15) is 0 Å². The molecular formula is C14H22ClN3O. The van der Waals surface area contributed by atoms with Crippen LogP contribution in [0.4, 0.5) is 0 Å². The van der Waals surface area contributed by atoms with Crippen LogP contribution in [0.5, 0.6) is 5.88 Å². The number of ether oxygens (including phenoxy) is 1. The lowest BCUT2D eigenvalue weighted by Gasteiger charge is -2.20. The Labute approximate surface area is 120 Å². The van der Waals surface area contributed by atoms with Gasteiger partial charge in [0.15, 0.2) is 0 Å². The summed E-state index contributed by atoms with van der Waals surface area (Å²) in [6, 6.07) is 2.54. The first-order valence-electron chi connectivity index (χ1n) is 6.32. The number of H-pyrrole nitrogens is 1. The second kappa shape index (κ2) is 6.78. The van der Waals surface area contributed by atoms with Gasteiger partial charge >= 0.3 is 0 Å². The van der Waals surface area contributed by atoms with E-state index in [1.165, 1.54) is 5.56 Å². The molecule has 0 fully saturated rings. The van der Waals surface area contributed by atoms with Crippen molar-refractivity contribution < 1.29 is 4.74 Å². The highest BCUT2D eigenvalue weighted by molar-refractivity contribution is 5.87. The van der Waals surface area contributed by atoms with E-state index < -0.39 is 0 Å². The van der Waals surface area contributed by atoms with E-state index in [4.69, 9.17) is 4.74 Å². The fourth-order valence-electron chi connectivity index (χ4n) is 2.02. The number of nitrogens with zero attached hydrogens (tertiary/aromatic N) is 2. The first-order valence-corrected chi connectivity index (χ1v) is 6.32. The number of methoxy groups -OCH3 is 1. The van der Waals surface area contributed by atoms with Crippen LogP contribution >= 0.6 is 12.4 Å². The molecule has 0 unspecified atom stereocenters. The van der Waals surface area contributed by atoms with Crippen molar-refractivity contribution in [1.29, 1.82) is 0 Å². The summed E-state index contributed by atoms with van der Waals surface area (Å²) in [5, 5.41) is 1.11. The molecule has 0 saturated carbocycles. The summed E-state index contributed by atoms with van der Waals surface area (Å²) in [6.45, 7) is 5.44. The van der Waals surface area contributed by atoms with Crippen molar-refractivity contribution in [2.24, 2.45) is 0 Å². The molecule has 5 heteroatoms. The molecule has 2 heterocycles. The molecule has 0 spiro atoms. The quantitative estimate of drug-likeness (QED) is 0.917. The average molecular weight is 284 g/mol. The van der Waals surface area contributed by atoms with E-state index in [1.807, 2.05) is 6.07 Å². The minimum Gasteiger partial charge on any atom is -0.480 e. The Morgan fingerprint density at radius 3 is 2.79 bits per heavy atom. The maximum absolute atomic E-state index is 5.34. The summed E-state index contributed by atoms with van der Waals surface area (Å²) in [5.74, 6) is 0.705. The first-order chi connectivity index (χ1) is 8.63. The van der Waals surface area contributed by atoms with Gasteiger partial charge in [0.25, 0.3) is 0 Å². The van der Waals surface area contributed by atoms with Crippen LogP contribution < -0.4 is 4.74 Å². The average Bonchev–Trinajstić information content (AvgIpc) is 2.78. The van der Waals surface area contributed by atoms with E-state index in [0.717, 1.165) is 23.9 Å². The molecule has 1 N–H and O–H groups in total. The number of nitrogens with one attached hydrogen (secondary N) is 1. The van der Waals surface area contributed by atoms with Crippen LogP contribution in [0, 0.1) is 0 Å². The number of aromatic nitrogens is 2. The molecule has 0 atom stereocenters. The SMILES string of the molecule is COc1nccc2[nH]cc(CCN(C)C(C)C)c12.Cl. The summed E-state index contributed by atoms with van der Waals surface area (Å²) >= 11 is 0. The molecule has 2 rings (SSSR count). The lowest BCUT2D eigenvalue weighted by atomic mass is 10.1. The third-order valence-corrected chi connectivity index (χ3v) is 3.45. The van der Waals surface area contributed by atoms with Gasteiger partial charge in [-0.05, 0) is 38.9 Å². The van der Waals surface area contributed by atoms with Crippen molar-refractivity contribution in [3.8, 4) is 5.88 Å². The molecule has 2 aromatic heterocycles. The predicted octanol–water partition coefficient (Wildman–Crippen LogP) is 2.88. The Morgan fingerprint density at radius 2 is 2.16 bits per heavy atom. The second-order valence-electron chi connectivity index (χ2n) is 4.88. The van der Waals surface area contributed by atoms with Gasteiger partial charge in [0.2, 0.25) is 5.88 Å². The highest BCUT2D eigenvalue weighted by atomic mass is 35.5. The number of aromatic amines is 1. The lowest BCUT2D eigenvalue weighted by molar-refractivity contribution is 0.277. The Morgan fingerprint density at radius 1 is 1.42 bits per heavy atom. The highest BCUT2D eigenvalue weighted by Gasteiger charge is 2.11. The zero-order valence-electron chi connectivity index (χ0n) is 11.9. The van der Waals surface area contributed by atoms with Crippen molar-refractivity contribution in [2.75, 3.05) is 20.7 Å². The van der Waals surface area contributed by atoms with Crippen LogP contribution in [0.15, 0.2) is 18.5 Å².